The van der Waals surface area contributed by atoms with Crippen molar-refractivity contribution in [2.24, 2.45) is 0 Å². The second kappa shape index (κ2) is 5.22. The number of ketones is 1. The van der Waals surface area contributed by atoms with E-state index in [9.17, 15) is 9.18 Å². The van der Waals surface area contributed by atoms with Crippen LogP contribution in [0.15, 0.2) is 22.7 Å². The van der Waals surface area contributed by atoms with E-state index in [0.717, 1.165) is 0 Å². The number of rotatable bonds is 4. The molecule has 0 N–H and O–H groups in total. The highest BCUT2D eigenvalue weighted by atomic mass is 79.9. The molecule has 76 valence electrons. The van der Waals surface area contributed by atoms with Gasteiger partial charge in [-0.15, -0.1) is 0 Å². The van der Waals surface area contributed by atoms with Crippen molar-refractivity contribution in [1.82, 2.24) is 0 Å². The van der Waals surface area contributed by atoms with Crippen LogP contribution < -0.4 is 0 Å². The van der Waals surface area contributed by atoms with E-state index in [-0.39, 0.29) is 12.4 Å². The zero-order valence-corrected chi connectivity index (χ0v) is 9.30. The van der Waals surface area contributed by atoms with Gasteiger partial charge in [-0.2, -0.15) is 0 Å². The van der Waals surface area contributed by atoms with Crippen LogP contribution in [0.2, 0.25) is 0 Å². The van der Waals surface area contributed by atoms with Crippen LogP contribution in [0.1, 0.15) is 17.3 Å². The SMILES string of the molecule is CCOCC(=O)c1cc(F)cc(Br)c1. The second-order valence-corrected chi connectivity index (χ2v) is 3.63. The summed E-state index contributed by atoms with van der Waals surface area (Å²) in [6.45, 7) is 2.27. The van der Waals surface area contributed by atoms with Crippen LogP contribution in [-0.2, 0) is 4.74 Å². The Bertz CT molecular complexity index is 319. The van der Waals surface area contributed by atoms with E-state index in [1.807, 2.05) is 0 Å². The number of carbonyl (C=O) groups is 1. The average molecular weight is 261 g/mol. The molecule has 0 bridgehead atoms. The second-order valence-electron chi connectivity index (χ2n) is 2.72. The molecule has 1 aromatic carbocycles. The summed E-state index contributed by atoms with van der Waals surface area (Å²) in [5, 5.41) is 0. The average Bonchev–Trinajstić information content (AvgIpc) is 2.12. The first kappa shape index (κ1) is 11.3. The standard InChI is InChI=1S/C10H10BrFO2/c1-2-14-6-10(13)7-3-8(11)5-9(12)4-7/h3-5H,2,6H2,1H3. The zero-order valence-electron chi connectivity index (χ0n) is 7.72. The summed E-state index contributed by atoms with van der Waals surface area (Å²) in [6, 6.07) is 4.08. The highest BCUT2D eigenvalue weighted by molar-refractivity contribution is 9.10. The van der Waals surface area contributed by atoms with Crippen molar-refractivity contribution in [3.63, 3.8) is 0 Å². The Kier molecular flexibility index (Phi) is 4.22. The van der Waals surface area contributed by atoms with Crippen LogP contribution in [0.25, 0.3) is 0 Å². The lowest BCUT2D eigenvalue weighted by atomic mass is 10.1. The first-order valence-electron chi connectivity index (χ1n) is 4.20. The zero-order chi connectivity index (χ0) is 10.6. The minimum absolute atomic E-state index is 0.00755. The fourth-order valence-corrected chi connectivity index (χ4v) is 1.46. The molecule has 14 heavy (non-hydrogen) atoms. The van der Waals surface area contributed by atoms with Crippen LogP contribution >= 0.6 is 15.9 Å². The number of carbonyl (C=O) groups excluding carboxylic acids is 1. The van der Waals surface area contributed by atoms with E-state index in [0.29, 0.717) is 16.6 Å². The van der Waals surface area contributed by atoms with E-state index in [2.05, 4.69) is 15.9 Å². The largest absolute Gasteiger partial charge is 0.374 e. The van der Waals surface area contributed by atoms with E-state index >= 15 is 0 Å². The van der Waals surface area contributed by atoms with E-state index in [1.165, 1.54) is 12.1 Å². The number of hydrogen-bond donors (Lipinski definition) is 0. The first-order chi connectivity index (χ1) is 6.63. The molecule has 1 rings (SSSR count). The molecule has 0 fully saturated rings. The summed E-state index contributed by atoms with van der Waals surface area (Å²) in [7, 11) is 0. The van der Waals surface area contributed by atoms with Gasteiger partial charge in [-0.1, -0.05) is 15.9 Å². The van der Waals surface area contributed by atoms with Crippen molar-refractivity contribution in [1.29, 1.82) is 0 Å². The fourth-order valence-electron chi connectivity index (χ4n) is 0.993. The van der Waals surface area contributed by atoms with Gasteiger partial charge in [-0.05, 0) is 25.1 Å². The molecule has 4 heteroatoms. The van der Waals surface area contributed by atoms with Crippen molar-refractivity contribution in [2.75, 3.05) is 13.2 Å². The van der Waals surface area contributed by atoms with Crippen molar-refractivity contribution in [3.8, 4) is 0 Å². The Morgan fingerprint density at radius 1 is 1.50 bits per heavy atom. The summed E-state index contributed by atoms with van der Waals surface area (Å²) >= 11 is 3.12. The maximum Gasteiger partial charge on any atom is 0.188 e. The van der Waals surface area contributed by atoms with Gasteiger partial charge in [-0.25, -0.2) is 4.39 Å². The van der Waals surface area contributed by atoms with Gasteiger partial charge < -0.3 is 4.74 Å². The van der Waals surface area contributed by atoms with E-state index in [4.69, 9.17) is 4.74 Å². The minimum Gasteiger partial charge on any atom is -0.374 e. The van der Waals surface area contributed by atoms with E-state index < -0.39 is 5.82 Å². The van der Waals surface area contributed by atoms with E-state index in [1.54, 1.807) is 13.0 Å². The smallest absolute Gasteiger partial charge is 0.188 e. The minimum atomic E-state index is -0.431. The van der Waals surface area contributed by atoms with Crippen LogP contribution in [0.4, 0.5) is 4.39 Å². The molecule has 0 heterocycles. The lowest BCUT2D eigenvalue weighted by Crippen LogP contribution is -2.09. The van der Waals surface area contributed by atoms with Gasteiger partial charge in [-0.3, -0.25) is 4.79 Å². The fraction of sp³-hybridized carbons (Fsp3) is 0.300. The van der Waals surface area contributed by atoms with Gasteiger partial charge in [0.05, 0.1) is 0 Å². The van der Waals surface area contributed by atoms with Crippen molar-refractivity contribution >= 4 is 21.7 Å². The lowest BCUT2D eigenvalue weighted by molar-refractivity contribution is 0.0783. The summed E-state index contributed by atoms with van der Waals surface area (Å²) < 4.78 is 18.4. The van der Waals surface area contributed by atoms with Gasteiger partial charge in [0.25, 0.3) is 0 Å². The molecule has 0 radical (unpaired) electrons. The molecular weight excluding hydrogens is 251 g/mol. The summed E-state index contributed by atoms with van der Waals surface area (Å²) in [5.74, 6) is -0.647. The van der Waals surface area contributed by atoms with Crippen LogP contribution in [0.3, 0.4) is 0 Å². The van der Waals surface area contributed by atoms with Crippen LogP contribution in [-0.4, -0.2) is 19.0 Å². The summed E-state index contributed by atoms with van der Waals surface area (Å²) in [4.78, 5) is 11.4. The maximum absolute atomic E-state index is 12.9. The molecule has 0 aliphatic rings. The number of Topliss-reactive ketones (excluding diaryl/α,β-unsaturated/α-hetero) is 1. The summed E-state index contributed by atoms with van der Waals surface area (Å²) in [6.07, 6.45) is 0. The molecule has 1 aromatic rings. The van der Waals surface area contributed by atoms with Gasteiger partial charge >= 0.3 is 0 Å². The van der Waals surface area contributed by atoms with Gasteiger partial charge in [0.15, 0.2) is 5.78 Å². The highest BCUT2D eigenvalue weighted by Crippen LogP contribution is 2.15. The quantitative estimate of drug-likeness (QED) is 0.779. The Labute approximate surface area is 90.2 Å². The monoisotopic (exact) mass is 260 g/mol. The predicted molar refractivity (Wildman–Crippen MR) is 54.9 cm³/mol. The van der Waals surface area contributed by atoms with Crippen LogP contribution in [0, 0.1) is 5.82 Å². The van der Waals surface area contributed by atoms with Gasteiger partial charge in [0, 0.05) is 16.6 Å². The highest BCUT2D eigenvalue weighted by Gasteiger charge is 2.07. The molecule has 0 aliphatic carbocycles. The maximum atomic E-state index is 12.9. The predicted octanol–water partition coefficient (Wildman–Crippen LogP) is 2.81. The van der Waals surface area contributed by atoms with Crippen molar-refractivity contribution in [2.45, 2.75) is 6.92 Å². The number of benzene rings is 1. The Balaban J connectivity index is 2.79. The number of hydrogen-bond acceptors (Lipinski definition) is 2. The molecular formula is C10H10BrFO2. The Morgan fingerprint density at radius 3 is 2.79 bits per heavy atom. The normalized spacial score (nSPS) is 10.2. The topological polar surface area (TPSA) is 26.3 Å². The third-order valence-corrected chi connectivity index (χ3v) is 2.08. The molecule has 0 amide bonds. The molecule has 0 atom stereocenters. The molecule has 0 saturated heterocycles. The van der Waals surface area contributed by atoms with Gasteiger partial charge in [0.2, 0.25) is 0 Å². The molecule has 0 aliphatic heterocycles. The lowest BCUT2D eigenvalue weighted by Gasteiger charge is -2.02. The molecule has 0 saturated carbocycles. The third-order valence-electron chi connectivity index (χ3n) is 1.62. The Morgan fingerprint density at radius 2 is 2.21 bits per heavy atom. The van der Waals surface area contributed by atoms with Crippen molar-refractivity contribution < 1.29 is 13.9 Å². The van der Waals surface area contributed by atoms with Crippen LogP contribution in [0.5, 0.6) is 0 Å². The van der Waals surface area contributed by atoms with Gasteiger partial charge in [0.1, 0.15) is 12.4 Å². The number of halogens is 2. The first-order valence-corrected chi connectivity index (χ1v) is 5.00. The molecule has 0 aromatic heterocycles. The Hall–Kier alpha value is -0.740. The van der Waals surface area contributed by atoms with Crippen molar-refractivity contribution in [3.05, 3.63) is 34.1 Å². The number of ether oxygens (including phenoxy) is 1. The third kappa shape index (κ3) is 3.20. The molecule has 0 spiro atoms. The molecule has 2 nitrogen and oxygen atoms in total. The molecule has 0 unspecified atom stereocenters. The summed E-state index contributed by atoms with van der Waals surface area (Å²) in [5.41, 5.74) is 0.324.